The van der Waals surface area contributed by atoms with Crippen LogP contribution in [0, 0.1) is 12.8 Å². The van der Waals surface area contributed by atoms with E-state index in [1.807, 2.05) is 43.3 Å². The molecule has 8 heteroatoms. The average Bonchev–Trinajstić information content (AvgIpc) is 3.43. The molecule has 1 atom stereocenters. The molecule has 1 aliphatic heterocycles. The number of carbonyl (C=O) groups is 2. The predicted molar refractivity (Wildman–Crippen MR) is 109 cm³/mol. The van der Waals surface area contributed by atoms with E-state index in [1.165, 1.54) is 0 Å². The van der Waals surface area contributed by atoms with E-state index >= 15 is 0 Å². The van der Waals surface area contributed by atoms with E-state index in [-0.39, 0.29) is 24.2 Å². The molecule has 4 rings (SSSR count). The van der Waals surface area contributed by atoms with Gasteiger partial charge < -0.3 is 15.0 Å². The van der Waals surface area contributed by atoms with Crippen molar-refractivity contribution in [2.45, 2.75) is 13.3 Å². The van der Waals surface area contributed by atoms with E-state index in [1.54, 1.807) is 29.5 Å². The Morgan fingerprint density at radius 1 is 1.32 bits per heavy atom. The number of hydrogen-bond donors (Lipinski definition) is 2. The van der Waals surface area contributed by atoms with E-state index in [4.69, 9.17) is 4.74 Å². The van der Waals surface area contributed by atoms with Crippen LogP contribution in [-0.4, -0.2) is 35.7 Å². The highest BCUT2D eigenvalue weighted by Crippen LogP contribution is 2.34. The second-order valence-electron chi connectivity index (χ2n) is 6.64. The summed E-state index contributed by atoms with van der Waals surface area (Å²) < 4.78 is 5.15. The summed E-state index contributed by atoms with van der Waals surface area (Å²) in [6, 6.07) is 11.1. The summed E-state index contributed by atoms with van der Waals surface area (Å²) in [5.74, 6) is 0.155. The van der Waals surface area contributed by atoms with Crippen LogP contribution in [0.4, 0.5) is 11.4 Å². The van der Waals surface area contributed by atoms with Crippen LogP contribution in [0.3, 0.4) is 0 Å². The normalized spacial score (nSPS) is 16.4. The number of aromatic amines is 1. The smallest absolute Gasteiger partial charge is 0.229 e. The third-order valence-electron chi connectivity index (χ3n) is 4.82. The minimum absolute atomic E-state index is 0.0505. The van der Waals surface area contributed by atoms with Crippen molar-refractivity contribution in [2.24, 2.45) is 5.92 Å². The Morgan fingerprint density at radius 3 is 2.79 bits per heavy atom. The van der Waals surface area contributed by atoms with Crippen LogP contribution in [0.5, 0.6) is 5.75 Å². The van der Waals surface area contributed by atoms with Crippen molar-refractivity contribution in [1.29, 1.82) is 0 Å². The van der Waals surface area contributed by atoms with E-state index in [9.17, 15) is 9.59 Å². The van der Waals surface area contributed by atoms with Gasteiger partial charge in [-0.2, -0.15) is 5.10 Å². The van der Waals surface area contributed by atoms with Crippen LogP contribution < -0.4 is 15.0 Å². The number of amides is 2. The number of ether oxygens (including phenoxy) is 1. The molecule has 0 spiro atoms. The van der Waals surface area contributed by atoms with Gasteiger partial charge in [-0.3, -0.25) is 14.7 Å². The number of anilines is 2. The van der Waals surface area contributed by atoms with E-state index in [0.717, 1.165) is 32.6 Å². The van der Waals surface area contributed by atoms with Gasteiger partial charge in [0.25, 0.3) is 0 Å². The zero-order valence-corrected chi connectivity index (χ0v) is 16.4. The Bertz CT molecular complexity index is 995. The molecule has 2 N–H and O–H groups in total. The van der Waals surface area contributed by atoms with Gasteiger partial charge in [-0.25, -0.2) is 0 Å². The highest BCUT2D eigenvalue weighted by atomic mass is 32.1. The lowest BCUT2D eigenvalue weighted by Gasteiger charge is -2.17. The van der Waals surface area contributed by atoms with Gasteiger partial charge in [0.15, 0.2) is 0 Å². The van der Waals surface area contributed by atoms with Gasteiger partial charge in [0.05, 0.1) is 29.3 Å². The SMILES string of the molecule is COc1ccc(N2C[C@@H](C(=O)Nc3cc(-c4ccn[nH]4)sc3C)CC2=O)cc1. The quantitative estimate of drug-likeness (QED) is 0.692. The number of nitrogens with zero attached hydrogens (tertiary/aromatic N) is 2. The van der Waals surface area contributed by atoms with Crippen LogP contribution >= 0.6 is 11.3 Å². The van der Waals surface area contributed by atoms with Crippen molar-refractivity contribution in [3.8, 4) is 16.3 Å². The van der Waals surface area contributed by atoms with E-state index < -0.39 is 0 Å². The maximum atomic E-state index is 12.8. The van der Waals surface area contributed by atoms with Crippen LogP contribution in [-0.2, 0) is 9.59 Å². The number of nitrogens with one attached hydrogen (secondary N) is 2. The Labute approximate surface area is 166 Å². The van der Waals surface area contributed by atoms with Crippen molar-refractivity contribution in [3.05, 3.63) is 47.5 Å². The third-order valence-corrected chi connectivity index (χ3v) is 5.91. The summed E-state index contributed by atoms with van der Waals surface area (Å²) in [4.78, 5) is 28.9. The maximum Gasteiger partial charge on any atom is 0.229 e. The van der Waals surface area contributed by atoms with Crippen LogP contribution in [0.25, 0.3) is 10.6 Å². The summed E-state index contributed by atoms with van der Waals surface area (Å²) in [6.07, 6.45) is 1.90. The summed E-state index contributed by atoms with van der Waals surface area (Å²) >= 11 is 1.58. The molecular formula is C20H20N4O3S. The molecule has 0 bridgehead atoms. The molecule has 2 amide bonds. The minimum atomic E-state index is -0.385. The van der Waals surface area contributed by atoms with Gasteiger partial charge in [-0.1, -0.05) is 0 Å². The molecule has 0 saturated carbocycles. The summed E-state index contributed by atoms with van der Waals surface area (Å²) in [5, 5.41) is 9.87. The first-order valence-corrected chi connectivity index (χ1v) is 9.72. The van der Waals surface area contributed by atoms with E-state index in [2.05, 4.69) is 15.5 Å². The monoisotopic (exact) mass is 396 g/mol. The molecule has 28 heavy (non-hydrogen) atoms. The van der Waals surface area contributed by atoms with Gasteiger partial charge in [-0.15, -0.1) is 11.3 Å². The molecule has 1 aliphatic rings. The fraction of sp³-hybridized carbons (Fsp3) is 0.250. The van der Waals surface area contributed by atoms with Gasteiger partial charge in [0.2, 0.25) is 11.8 Å². The van der Waals surface area contributed by atoms with Gasteiger partial charge in [-0.05, 0) is 43.3 Å². The standard InChI is InChI=1S/C20H20N4O3S/c1-12-17(10-18(28-12)16-7-8-21-23-16)22-20(26)13-9-19(25)24(11-13)14-3-5-15(27-2)6-4-14/h3-8,10,13H,9,11H2,1-2H3,(H,21,23)(H,22,26)/t13-/m0/s1. The van der Waals surface area contributed by atoms with Gasteiger partial charge in [0, 0.05) is 29.7 Å². The van der Waals surface area contributed by atoms with Crippen LogP contribution in [0.2, 0.25) is 0 Å². The maximum absolute atomic E-state index is 12.8. The number of thiophene rings is 1. The number of benzene rings is 1. The average molecular weight is 396 g/mol. The van der Waals surface area contributed by atoms with Crippen molar-refractivity contribution in [1.82, 2.24) is 10.2 Å². The number of hydrogen-bond acceptors (Lipinski definition) is 5. The Balaban J connectivity index is 1.45. The number of rotatable bonds is 5. The Morgan fingerprint density at radius 2 is 2.11 bits per heavy atom. The lowest BCUT2D eigenvalue weighted by molar-refractivity contribution is -0.122. The third kappa shape index (κ3) is 3.50. The zero-order chi connectivity index (χ0) is 19.7. The molecule has 3 aromatic rings. The first-order valence-electron chi connectivity index (χ1n) is 8.90. The second kappa shape index (κ2) is 7.47. The van der Waals surface area contributed by atoms with Crippen LogP contribution in [0.15, 0.2) is 42.6 Å². The lowest BCUT2D eigenvalue weighted by atomic mass is 10.1. The molecular weight excluding hydrogens is 376 g/mol. The van der Waals surface area contributed by atoms with E-state index in [0.29, 0.717) is 6.54 Å². The molecule has 0 aliphatic carbocycles. The molecule has 1 fully saturated rings. The second-order valence-corrected chi connectivity index (χ2v) is 7.90. The Kier molecular flexibility index (Phi) is 4.87. The minimum Gasteiger partial charge on any atom is -0.497 e. The van der Waals surface area contributed by atoms with Crippen molar-refractivity contribution >= 4 is 34.5 Å². The summed E-state index contributed by atoms with van der Waals surface area (Å²) in [7, 11) is 1.60. The lowest BCUT2D eigenvalue weighted by Crippen LogP contribution is -2.28. The molecule has 1 aromatic carbocycles. The van der Waals surface area contributed by atoms with Gasteiger partial charge in [0.1, 0.15) is 5.75 Å². The van der Waals surface area contributed by atoms with Crippen LogP contribution in [0.1, 0.15) is 11.3 Å². The first kappa shape index (κ1) is 18.2. The Hall–Kier alpha value is -3.13. The van der Waals surface area contributed by atoms with Crippen molar-refractivity contribution in [3.63, 3.8) is 0 Å². The molecule has 0 radical (unpaired) electrons. The fourth-order valence-electron chi connectivity index (χ4n) is 3.26. The number of carbonyl (C=O) groups excluding carboxylic acids is 2. The number of methoxy groups -OCH3 is 1. The highest BCUT2D eigenvalue weighted by Gasteiger charge is 2.35. The molecule has 0 unspecified atom stereocenters. The molecule has 144 valence electrons. The topological polar surface area (TPSA) is 87.3 Å². The highest BCUT2D eigenvalue weighted by molar-refractivity contribution is 7.16. The predicted octanol–water partition coefficient (Wildman–Crippen LogP) is 3.45. The number of aromatic nitrogens is 2. The first-order chi connectivity index (χ1) is 13.5. The van der Waals surface area contributed by atoms with Crippen molar-refractivity contribution < 1.29 is 14.3 Å². The molecule has 3 heterocycles. The largest absolute Gasteiger partial charge is 0.497 e. The zero-order valence-electron chi connectivity index (χ0n) is 15.6. The number of H-pyrrole nitrogens is 1. The number of aryl methyl sites for hydroxylation is 1. The fourth-order valence-corrected chi connectivity index (χ4v) is 4.21. The van der Waals surface area contributed by atoms with Gasteiger partial charge >= 0.3 is 0 Å². The molecule has 1 saturated heterocycles. The molecule has 7 nitrogen and oxygen atoms in total. The summed E-state index contributed by atoms with van der Waals surface area (Å²) in [6.45, 7) is 2.33. The van der Waals surface area contributed by atoms with Crippen molar-refractivity contribution in [2.75, 3.05) is 23.9 Å². The summed E-state index contributed by atoms with van der Waals surface area (Å²) in [5.41, 5.74) is 2.46. The molecule has 2 aromatic heterocycles.